The summed E-state index contributed by atoms with van der Waals surface area (Å²) in [6.07, 6.45) is 12.0. The molecule has 1 heterocycles. The molecule has 1 aliphatic carbocycles. The van der Waals surface area contributed by atoms with E-state index in [1.807, 2.05) is 0 Å². The van der Waals surface area contributed by atoms with Gasteiger partial charge in [0.2, 0.25) is 0 Å². The Hall–Kier alpha value is -0.560. The molecule has 1 saturated heterocycles. The normalized spacial score (nSPS) is 25.2. The lowest BCUT2D eigenvalue weighted by atomic mass is 9.73. The molecule has 0 aromatic heterocycles. The molecule has 0 N–H and O–H groups in total. The van der Waals surface area contributed by atoms with E-state index in [1.54, 1.807) is 0 Å². The molecular formula is C12H18O. The summed E-state index contributed by atoms with van der Waals surface area (Å²) in [5.74, 6) is 0. The molecule has 72 valence electrons. The smallest absolute Gasteiger partial charge is 0.0585 e. The van der Waals surface area contributed by atoms with Crippen molar-refractivity contribution >= 4 is 0 Å². The first-order valence-corrected chi connectivity index (χ1v) is 5.32. The topological polar surface area (TPSA) is 9.23 Å². The van der Waals surface area contributed by atoms with Gasteiger partial charge in [0, 0.05) is 5.41 Å². The van der Waals surface area contributed by atoms with Gasteiger partial charge in [-0.25, -0.2) is 0 Å². The van der Waals surface area contributed by atoms with Crippen LogP contribution in [0.3, 0.4) is 0 Å². The summed E-state index contributed by atoms with van der Waals surface area (Å²) >= 11 is 0. The SMILES string of the molecule is CCCC1(C2=CCCC=C2)COC1. The van der Waals surface area contributed by atoms with Crippen molar-refractivity contribution < 1.29 is 4.74 Å². The highest BCUT2D eigenvalue weighted by atomic mass is 16.5. The average Bonchev–Trinajstić information content (AvgIpc) is 2.13. The Morgan fingerprint density at radius 3 is 2.69 bits per heavy atom. The van der Waals surface area contributed by atoms with Crippen LogP contribution in [0.4, 0.5) is 0 Å². The highest BCUT2D eigenvalue weighted by molar-refractivity contribution is 5.31. The summed E-state index contributed by atoms with van der Waals surface area (Å²) < 4.78 is 5.37. The minimum atomic E-state index is 0.395. The Bertz CT molecular complexity index is 234. The second-order valence-corrected chi connectivity index (χ2v) is 4.16. The van der Waals surface area contributed by atoms with Crippen LogP contribution in [0, 0.1) is 5.41 Å². The molecule has 0 atom stereocenters. The second-order valence-electron chi connectivity index (χ2n) is 4.16. The van der Waals surface area contributed by atoms with E-state index in [1.165, 1.54) is 31.3 Å². The van der Waals surface area contributed by atoms with E-state index in [0.29, 0.717) is 5.41 Å². The van der Waals surface area contributed by atoms with Crippen molar-refractivity contribution in [3.63, 3.8) is 0 Å². The molecule has 0 saturated carbocycles. The first kappa shape index (κ1) is 9.01. The van der Waals surface area contributed by atoms with Crippen LogP contribution in [-0.2, 0) is 4.74 Å². The minimum Gasteiger partial charge on any atom is -0.379 e. The fourth-order valence-corrected chi connectivity index (χ4v) is 2.29. The predicted octanol–water partition coefficient (Wildman–Crippen LogP) is 3.08. The standard InChI is InChI=1S/C12H18O/c1-2-8-12(9-13-10-12)11-6-4-3-5-7-11/h4,6-7H,2-3,5,8-10H2,1H3. The summed E-state index contributed by atoms with van der Waals surface area (Å²) in [5.41, 5.74) is 1.93. The van der Waals surface area contributed by atoms with Gasteiger partial charge in [0.1, 0.15) is 0 Å². The average molecular weight is 178 g/mol. The second kappa shape index (κ2) is 3.67. The molecule has 0 unspecified atom stereocenters. The maximum absolute atomic E-state index is 5.37. The first-order chi connectivity index (χ1) is 6.37. The van der Waals surface area contributed by atoms with Crippen LogP contribution in [0.15, 0.2) is 23.8 Å². The minimum absolute atomic E-state index is 0.395. The molecule has 0 amide bonds. The van der Waals surface area contributed by atoms with E-state index >= 15 is 0 Å². The molecule has 1 aliphatic heterocycles. The fourth-order valence-electron chi connectivity index (χ4n) is 2.29. The zero-order valence-electron chi connectivity index (χ0n) is 8.38. The van der Waals surface area contributed by atoms with E-state index in [4.69, 9.17) is 4.74 Å². The third kappa shape index (κ3) is 1.58. The number of hydrogen-bond donors (Lipinski definition) is 0. The van der Waals surface area contributed by atoms with Gasteiger partial charge in [-0.2, -0.15) is 0 Å². The molecule has 2 rings (SSSR count). The van der Waals surface area contributed by atoms with Crippen molar-refractivity contribution in [1.29, 1.82) is 0 Å². The molecule has 0 bridgehead atoms. The Kier molecular flexibility index (Phi) is 2.54. The van der Waals surface area contributed by atoms with Crippen LogP contribution < -0.4 is 0 Å². The van der Waals surface area contributed by atoms with Crippen molar-refractivity contribution in [2.24, 2.45) is 5.41 Å². The van der Waals surface area contributed by atoms with Gasteiger partial charge in [-0.3, -0.25) is 0 Å². The molecule has 0 radical (unpaired) electrons. The quantitative estimate of drug-likeness (QED) is 0.645. The highest BCUT2D eigenvalue weighted by Gasteiger charge is 2.40. The van der Waals surface area contributed by atoms with Gasteiger partial charge in [-0.1, -0.05) is 31.6 Å². The van der Waals surface area contributed by atoms with Gasteiger partial charge in [0.05, 0.1) is 13.2 Å². The van der Waals surface area contributed by atoms with E-state index in [9.17, 15) is 0 Å². The van der Waals surface area contributed by atoms with Gasteiger partial charge in [0.15, 0.2) is 0 Å². The molecule has 1 nitrogen and oxygen atoms in total. The first-order valence-electron chi connectivity index (χ1n) is 5.32. The van der Waals surface area contributed by atoms with Crippen LogP contribution >= 0.6 is 0 Å². The van der Waals surface area contributed by atoms with Gasteiger partial charge in [0.25, 0.3) is 0 Å². The Morgan fingerprint density at radius 1 is 1.38 bits per heavy atom. The summed E-state index contributed by atoms with van der Waals surface area (Å²) in [7, 11) is 0. The lowest BCUT2D eigenvalue weighted by Gasteiger charge is -2.43. The van der Waals surface area contributed by atoms with Crippen molar-refractivity contribution in [2.75, 3.05) is 13.2 Å². The van der Waals surface area contributed by atoms with Crippen LogP contribution in [0.2, 0.25) is 0 Å². The Balaban J connectivity index is 2.11. The monoisotopic (exact) mass is 178 g/mol. The van der Waals surface area contributed by atoms with Crippen molar-refractivity contribution in [3.05, 3.63) is 23.8 Å². The fraction of sp³-hybridized carbons (Fsp3) is 0.667. The number of ether oxygens (including phenoxy) is 1. The third-order valence-electron chi connectivity index (χ3n) is 3.09. The van der Waals surface area contributed by atoms with E-state index < -0.39 is 0 Å². The predicted molar refractivity (Wildman–Crippen MR) is 54.6 cm³/mol. The van der Waals surface area contributed by atoms with Gasteiger partial charge >= 0.3 is 0 Å². The van der Waals surface area contributed by atoms with E-state index in [0.717, 1.165) is 13.2 Å². The summed E-state index contributed by atoms with van der Waals surface area (Å²) in [6.45, 7) is 4.14. The molecule has 2 aliphatic rings. The Labute approximate surface area is 80.5 Å². The summed E-state index contributed by atoms with van der Waals surface area (Å²) in [4.78, 5) is 0. The number of rotatable bonds is 3. The lowest BCUT2D eigenvalue weighted by Crippen LogP contribution is -2.43. The van der Waals surface area contributed by atoms with Gasteiger partial charge < -0.3 is 4.74 Å². The largest absolute Gasteiger partial charge is 0.379 e. The molecule has 1 heteroatoms. The zero-order valence-corrected chi connectivity index (χ0v) is 8.38. The lowest BCUT2D eigenvalue weighted by molar-refractivity contribution is -0.0918. The summed E-state index contributed by atoms with van der Waals surface area (Å²) in [5, 5.41) is 0. The molecule has 0 aromatic rings. The molecular weight excluding hydrogens is 160 g/mol. The van der Waals surface area contributed by atoms with Crippen LogP contribution in [0.5, 0.6) is 0 Å². The Morgan fingerprint density at radius 2 is 2.23 bits per heavy atom. The molecule has 1 fully saturated rings. The van der Waals surface area contributed by atoms with E-state index in [-0.39, 0.29) is 0 Å². The maximum atomic E-state index is 5.37. The van der Waals surface area contributed by atoms with Crippen molar-refractivity contribution in [1.82, 2.24) is 0 Å². The maximum Gasteiger partial charge on any atom is 0.0585 e. The van der Waals surface area contributed by atoms with Gasteiger partial charge in [-0.05, 0) is 24.8 Å². The zero-order chi connectivity index (χ0) is 9.15. The van der Waals surface area contributed by atoms with Crippen LogP contribution in [0.25, 0.3) is 0 Å². The molecule has 0 aromatic carbocycles. The van der Waals surface area contributed by atoms with E-state index in [2.05, 4.69) is 25.2 Å². The summed E-state index contributed by atoms with van der Waals surface area (Å²) in [6, 6.07) is 0. The van der Waals surface area contributed by atoms with Crippen molar-refractivity contribution in [3.8, 4) is 0 Å². The van der Waals surface area contributed by atoms with Crippen LogP contribution in [0.1, 0.15) is 32.6 Å². The highest BCUT2D eigenvalue weighted by Crippen LogP contribution is 2.41. The van der Waals surface area contributed by atoms with Gasteiger partial charge in [-0.15, -0.1) is 0 Å². The third-order valence-corrected chi connectivity index (χ3v) is 3.09. The van der Waals surface area contributed by atoms with Crippen molar-refractivity contribution in [2.45, 2.75) is 32.6 Å². The number of allylic oxidation sites excluding steroid dienone is 3. The van der Waals surface area contributed by atoms with Crippen LogP contribution in [-0.4, -0.2) is 13.2 Å². The molecule has 13 heavy (non-hydrogen) atoms. The number of hydrogen-bond acceptors (Lipinski definition) is 1. The molecule has 0 spiro atoms.